The van der Waals surface area contributed by atoms with E-state index < -0.39 is 5.82 Å². The topological polar surface area (TPSA) is 51.2 Å². The summed E-state index contributed by atoms with van der Waals surface area (Å²) in [6.45, 7) is 0. The van der Waals surface area contributed by atoms with Gasteiger partial charge < -0.3 is 10.1 Å². The molecule has 4 aromatic rings. The lowest BCUT2D eigenvalue weighted by Crippen LogP contribution is -2.12. The van der Waals surface area contributed by atoms with Crippen molar-refractivity contribution in [2.75, 3.05) is 12.4 Å². The highest BCUT2D eigenvalue weighted by Crippen LogP contribution is 2.31. The van der Waals surface area contributed by atoms with Crippen molar-refractivity contribution in [2.24, 2.45) is 0 Å². The Morgan fingerprint density at radius 3 is 2.54 bits per heavy atom. The number of fused-ring (bicyclic) bond motifs is 1. The van der Waals surface area contributed by atoms with Crippen LogP contribution in [-0.4, -0.2) is 18.0 Å². The summed E-state index contributed by atoms with van der Waals surface area (Å²) >= 11 is 0. The van der Waals surface area contributed by atoms with Crippen LogP contribution in [0.1, 0.15) is 10.4 Å². The van der Waals surface area contributed by atoms with E-state index in [1.165, 1.54) is 18.2 Å². The van der Waals surface area contributed by atoms with Gasteiger partial charge in [0.1, 0.15) is 11.6 Å². The van der Waals surface area contributed by atoms with Crippen LogP contribution in [0.5, 0.6) is 5.75 Å². The zero-order chi connectivity index (χ0) is 19.5. The van der Waals surface area contributed by atoms with Crippen molar-refractivity contribution in [3.63, 3.8) is 0 Å². The molecule has 4 rings (SSSR count). The van der Waals surface area contributed by atoms with E-state index in [2.05, 4.69) is 5.32 Å². The first-order chi connectivity index (χ1) is 13.6. The Morgan fingerprint density at radius 1 is 0.964 bits per heavy atom. The van der Waals surface area contributed by atoms with Gasteiger partial charge in [-0.25, -0.2) is 9.37 Å². The van der Waals surface area contributed by atoms with Crippen LogP contribution < -0.4 is 10.1 Å². The van der Waals surface area contributed by atoms with Crippen LogP contribution >= 0.6 is 0 Å². The molecule has 0 unspecified atom stereocenters. The van der Waals surface area contributed by atoms with Crippen LogP contribution in [0.15, 0.2) is 78.9 Å². The van der Waals surface area contributed by atoms with E-state index in [-0.39, 0.29) is 11.5 Å². The van der Waals surface area contributed by atoms with Gasteiger partial charge in [0.15, 0.2) is 0 Å². The van der Waals surface area contributed by atoms with Gasteiger partial charge in [0, 0.05) is 28.3 Å². The molecule has 1 heterocycles. The quantitative estimate of drug-likeness (QED) is 0.529. The van der Waals surface area contributed by atoms with E-state index in [1.54, 1.807) is 25.3 Å². The fourth-order valence-electron chi connectivity index (χ4n) is 3.03. The number of rotatable bonds is 4. The minimum atomic E-state index is -0.453. The average Bonchev–Trinajstić information content (AvgIpc) is 2.73. The number of halogens is 1. The molecule has 0 saturated carbocycles. The lowest BCUT2D eigenvalue weighted by molar-refractivity contribution is 0.102. The van der Waals surface area contributed by atoms with Gasteiger partial charge in [-0.1, -0.05) is 36.4 Å². The van der Waals surface area contributed by atoms with E-state index in [9.17, 15) is 9.18 Å². The SMILES string of the molecule is COc1cc(-c2ccccc2)nc2ccc(NC(=O)c3cccc(F)c3)cc12. The van der Waals surface area contributed by atoms with Crippen molar-refractivity contribution in [3.05, 3.63) is 90.2 Å². The number of benzene rings is 3. The molecule has 1 N–H and O–H groups in total. The summed E-state index contributed by atoms with van der Waals surface area (Å²) in [4.78, 5) is 17.1. The number of hydrogen-bond acceptors (Lipinski definition) is 3. The molecule has 1 amide bonds. The summed E-state index contributed by atoms with van der Waals surface area (Å²) in [6.07, 6.45) is 0. The van der Waals surface area contributed by atoms with E-state index in [1.807, 2.05) is 42.5 Å². The van der Waals surface area contributed by atoms with Crippen LogP contribution in [-0.2, 0) is 0 Å². The Kier molecular flexibility index (Phi) is 4.72. The zero-order valence-electron chi connectivity index (χ0n) is 15.1. The normalized spacial score (nSPS) is 10.6. The molecule has 0 atom stereocenters. The molecule has 5 heteroatoms. The first-order valence-corrected chi connectivity index (χ1v) is 8.75. The molecule has 0 spiro atoms. The third kappa shape index (κ3) is 3.55. The van der Waals surface area contributed by atoms with Gasteiger partial charge in [0.2, 0.25) is 0 Å². The Balaban J connectivity index is 1.70. The van der Waals surface area contributed by atoms with Crippen molar-refractivity contribution in [3.8, 4) is 17.0 Å². The summed E-state index contributed by atoms with van der Waals surface area (Å²) in [5, 5.41) is 3.56. The molecule has 0 bridgehead atoms. The van der Waals surface area contributed by atoms with Crippen LogP contribution in [0.2, 0.25) is 0 Å². The highest BCUT2D eigenvalue weighted by molar-refractivity contribution is 6.05. The molecule has 3 aromatic carbocycles. The first-order valence-electron chi connectivity index (χ1n) is 8.75. The zero-order valence-corrected chi connectivity index (χ0v) is 15.1. The van der Waals surface area contributed by atoms with E-state index >= 15 is 0 Å². The summed E-state index contributed by atoms with van der Waals surface area (Å²) < 4.78 is 18.9. The molecule has 28 heavy (non-hydrogen) atoms. The number of amides is 1. The molecule has 0 aliphatic rings. The van der Waals surface area contributed by atoms with Crippen LogP contribution in [0.3, 0.4) is 0 Å². The lowest BCUT2D eigenvalue weighted by Gasteiger charge is -2.11. The van der Waals surface area contributed by atoms with Gasteiger partial charge >= 0.3 is 0 Å². The second kappa shape index (κ2) is 7.48. The third-order valence-electron chi connectivity index (χ3n) is 4.40. The van der Waals surface area contributed by atoms with E-state index in [0.717, 1.165) is 22.2 Å². The highest BCUT2D eigenvalue weighted by atomic mass is 19.1. The molecule has 4 nitrogen and oxygen atoms in total. The molecule has 0 fully saturated rings. The smallest absolute Gasteiger partial charge is 0.255 e. The minimum absolute atomic E-state index is 0.254. The number of carbonyl (C=O) groups excluding carboxylic acids is 1. The maximum absolute atomic E-state index is 13.3. The number of anilines is 1. The molecule has 1 aromatic heterocycles. The van der Waals surface area contributed by atoms with Crippen LogP contribution in [0.25, 0.3) is 22.2 Å². The van der Waals surface area contributed by atoms with Crippen LogP contribution in [0.4, 0.5) is 10.1 Å². The van der Waals surface area contributed by atoms with Crippen molar-refractivity contribution < 1.29 is 13.9 Å². The van der Waals surface area contributed by atoms with Crippen molar-refractivity contribution >= 4 is 22.5 Å². The van der Waals surface area contributed by atoms with Gasteiger partial charge in [0.05, 0.1) is 18.3 Å². The molecule has 138 valence electrons. The molecule has 0 radical (unpaired) electrons. The number of nitrogens with one attached hydrogen (secondary N) is 1. The maximum Gasteiger partial charge on any atom is 0.255 e. The number of carbonyl (C=O) groups is 1. The van der Waals surface area contributed by atoms with Gasteiger partial charge in [-0.15, -0.1) is 0 Å². The summed E-state index contributed by atoms with van der Waals surface area (Å²) in [7, 11) is 1.60. The maximum atomic E-state index is 13.3. The van der Waals surface area contributed by atoms with Gasteiger partial charge in [-0.2, -0.15) is 0 Å². The number of aromatic nitrogens is 1. The van der Waals surface area contributed by atoms with E-state index in [4.69, 9.17) is 9.72 Å². The first kappa shape index (κ1) is 17.7. The van der Waals surface area contributed by atoms with Crippen molar-refractivity contribution in [1.82, 2.24) is 4.98 Å². The fraction of sp³-hybridized carbons (Fsp3) is 0.0435. The standard InChI is InChI=1S/C23H17FN2O2/c1-28-22-14-21(15-6-3-2-4-7-15)26-20-11-10-18(13-19(20)22)25-23(27)16-8-5-9-17(24)12-16/h2-14H,1H3,(H,25,27). The molecular formula is C23H17FN2O2. The monoisotopic (exact) mass is 372 g/mol. The molecule has 0 saturated heterocycles. The van der Waals surface area contributed by atoms with Gasteiger partial charge in [-0.3, -0.25) is 4.79 Å². The minimum Gasteiger partial charge on any atom is -0.496 e. The number of nitrogens with zero attached hydrogens (tertiary/aromatic N) is 1. The predicted molar refractivity (Wildman–Crippen MR) is 108 cm³/mol. The largest absolute Gasteiger partial charge is 0.496 e. The van der Waals surface area contributed by atoms with E-state index in [0.29, 0.717) is 11.4 Å². The van der Waals surface area contributed by atoms with Crippen molar-refractivity contribution in [1.29, 1.82) is 0 Å². The lowest BCUT2D eigenvalue weighted by atomic mass is 10.1. The van der Waals surface area contributed by atoms with Gasteiger partial charge in [0.25, 0.3) is 5.91 Å². The Hall–Kier alpha value is -3.73. The van der Waals surface area contributed by atoms with Gasteiger partial charge in [-0.05, 0) is 36.4 Å². The Labute approximate surface area is 161 Å². The summed E-state index contributed by atoms with van der Waals surface area (Å²) in [5.74, 6) is -0.178. The molecule has 0 aliphatic heterocycles. The van der Waals surface area contributed by atoms with Crippen LogP contribution in [0, 0.1) is 5.82 Å². The third-order valence-corrected chi connectivity index (χ3v) is 4.40. The number of hydrogen-bond donors (Lipinski definition) is 1. The molecule has 0 aliphatic carbocycles. The fourth-order valence-corrected chi connectivity index (χ4v) is 3.03. The number of pyridine rings is 1. The number of ether oxygens (including phenoxy) is 1. The summed E-state index contributed by atoms with van der Waals surface area (Å²) in [5.41, 5.74) is 3.38. The average molecular weight is 372 g/mol. The Morgan fingerprint density at radius 2 is 1.79 bits per heavy atom. The number of methoxy groups -OCH3 is 1. The second-order valence-electron chi connectivity index (χ2n) is 6.27. The Bertz CT molecular complexity index is 1160. The van der Waals surface area contributed by atoms with Crippen molar-refractivity contribution in [2.45, 2.75) is 0 Å². The molecular weight excluding hydrogens is 355 g/mol. The highest BCUT2D eigenvalue weighted by Gasteiger charge is 2.11. The summed E-state index contributed by atoms with van der Waals surface area (Å²) in [6, 6.07) is 22.7. The second-order valence-corrected chi connectivity index (χ2v) is 6.27. The predicted octanol–water partition coefficient (Wildman–Crippen LogP) is 5.30.